The highest BCUT2D eigenvalue weighted by atomic mass is 19.1. The fraction of sp³-hybridized carbons (Fsp3) is 0.714. The van der Waals surface area contributed by atoms with Crippen molar-refractivity contribution in [3.8, 4) is 0 Å². The molecule has 4 aliphatic carbocycles. The van der Waals surface area contributed by atoms with E-state index in [1.807, 2.05) is 0 Å². The van der Waals surface area contributed by atoms with Gasteiger partial charge in [-0.1, -0.05) is 6.92 Å². The van der Waals surface area contributed by atoms with Crippen LogP contribution in [0.15, 0.2) is 11.6 Å². The first-order valence-electron chi connectivity index (χ1n) is 9.79. The Morgan fingerprint density at radius 1 is 1.18 bits per heavy atom. The van der Waals surface area contributed by atoms with Crippen LogP contribution in [0.2, 0.25) is 0 Å². The minimum Gasteiger partial charge on any atom is -0.389 e. The summed E-state index contributed by atoms with van der Waals surface area (Å²) in [5.41, 5.74) is -5.64. The summed E-state index contributed by atoms with van der Waals surface area (Å²) in [4.78, 5) is 50.1. The molecule has 0 radical (unpaired) electrons. The molecule has 3 fully saturated rings. The van der Waals surface area contributed by atoms with E-state index in [4.69, 9.17) is 0 Å². The second-order valence-corrected chi connectivity index (χ2v) is 9.28. The molecule has 7 heteroatoms. The third-order valence-corrected chi connectivity index (χ3v) is 8.21. The van der Waals surface area contributed by atoms with Crippen LogP contribution in [0.3, 0.4) is 0 Å². The van der Waals surface area contributed by atoms with Gasteiger partial charge in [0.2, 0.25) is 0 Å². The van der Waals surface area contributed by atoms with Gasteiger partial charge in [0.1, 0.15) is 12.8 Å². The van der Waals surface area contributed by atoms with Gasteiger partial charge >= 0.3 is 0 Å². The number of hydrogen-bond acceptors (Lipinski definition) is 5. The predicted molar refractivity (Wildman–Crippen MR) is 93.7 cm³/mol. The number of carbonyl (C=O) groups is 4. The largest absolute Gasteiger partial charge is 0.389 e. The molecule has 3 saturated carbocycles. The molecule has 0 bridgehead atoms. The molecule has 0 aliphatic heterocycles. The SMILES string of the molecule is C[C@]12CC(=O)[C@@]3(F)[C@@H](CC(F)C4=CC(=O)CC(=O)[C@@]43C)[C@@H]1CC[C@@H]2C(=O)CO. The minimum absolute atomic E-state index is 0.217. The Balaban J connectivity index is 1.86. The van der Waals surface area contributed by atoms with Gasteiger partial charge in [0.15, 0.2) is 28.8 Å². The number of carbonyl (C=O) groups excluding carboxylic acids is 4. The summed E-state index contributed by atoms with van der Waals surface area (Å²) in [6, 6.07) is 0. The van der Waals surface area contributed by atoms with Crippen molar-refractivity contribution in [1.82, 2.24) is 0 Å². The average Bonchev–Trinajstić information content (AvgIpc) is 2.96. The van der Waals surface area contributed by atoms with E-state index < -0.39 is 70.8 Å². The summed E-state index contributed by atoms with van der Waals surface area (Å²) in [6.07, 6.45) is -0.889. The fourth-order valence-electron chi connectivity index (χ4n) is 6.78. The van der Waals surface area contributed by atoms with Crippen molar-refractivity contribution in [2.24, 2.45) is 28.6 Å². The van der Waals surface area contributed by atoms with Crippen LogP contribution in [0.4, 0.5) is 8.78 Å². The highest BCUT2D eigenvalue weighted by molar-refractivity contribution is 6.14. The van der Waals surface area contributed by atoms with Crippen LogP contribution in [-0.4, -0.2) is 46.7 Å². The Morgan fingerprint density at radius 3 is 2.50 bits per heavy atom. The lowest BCUT2D eigenvalue weighted by Gasteiger charge is -2.59. The first-order valence-corrected chi connectivity index (χ1v) is 9.79. The molecule has 0 aromatic carbocycles. The lowest BCUT2D eigenvalue weighted by molar-refractivity contribution is -0.181. The second-order valence-electron chi connectivity index (χ2n) is 9.28. The van der Waals surface area contributed by atoms with Crippen molar-refractivity contribution in [3.63, 3.8) is 0 Å². The standard InChI is InChI=1S/C21H24F2O5/c1-19-8-18(28)21(23)13(11(19)3-4-12(19)16(26)9-24)7-15(22)14-5-10(25)6-17(27)20(14,21)2/h5,11-13,15,24H,3-4,6-9H2,1-2H3/t11-,12+,13-,15?,19-,20+,21-/m0/s1. The molecular weight excluding hydrogens is 370 g/mol. The maximum absolute atomic E-state index is 16.7. The Hall–Kier alpha value is -1.76. The Labute approximate surface area is 161 Å². The zero-order valence-corrected chi connectivity index (χ0v) is 16.0. The number of ketones is 4. The normalized spacial score (nSPS) is 47.9. The van der Waals surface area contributed by atoms with Gasteiger partial charge in [-0.05, 0) is 49.2 Å². The van der Waals surface area contributed by atoms with Crippen LogP contribution in [0, 0.1) is 28.6 Å². The average molecular weight is 394 g/mol. The van der Waals surface area contributed by atoms with Crippen molar-refractivity contribution >= 4 is 23.1 Å². The van der Waals surface area contributed by atoms with Crippen LogP contribution in [0.25, 0.3) is 0 Å². The molecule has 4 rings (SSSR count). The summed E-state index contributed by atoms with van der Waals surface area (Å²) in [7, 11) is 0. The molecule has 4 aliphatic rings. The van der Waals surface area contributed by atoms with Crippen LogP contribution in [-0.2, 0) is 19.2 Å². The number of Topliss-reactive ketones (excluding diaryl/α,β-unsaturated/α-hetero) is 3. The smallest absolute Gasteiger partial charge is 0.187 e. The van der Waals surface area contributed by atoms with Gasteiger partial charge in [-0.2, -0.15) is 0 Å². The third kappa shape index (κ3) is 2.09. The maximum atomic E-state index is 16.7. The van der Waals surface area contributed by atoms with E-state index in [1.165, 1.54) is 6.92 Å². The summed E-state index contributed by atoms with van der Waals surface area (Å²) in [6.45, 7) is 2.36. The molecule has 0 amide bonds. The zero-order valence-electron chi connectivity index (χ0n) is 16.0. The van der Waals surface area contributed by atoms with E-state index in [-0.39, 0.29) is 24.2 Å². The maximum Gasteiger partial charge on any atom is 0.187 e. The number of hydrogen-bond donors (Lipinski definition) is 1. The highest BCUT2D eigenvalue weighted by Gasteiger charge is 2.75. The summed E-state index contributed by atoms with van der Waals surface area (Å²) >= 11 is 0. The van der Waals surface area contributed by atoms with Crippen molar-refractivity contribution in [2.75, 3.05) is 6.61 Å². The summed E-state index contributed by atoms with van der Waals surface area (Å²) in [5.74, 6) is -4.56. The monoisotopic (exact) mass is 394 g/mol. The Bertz CT molecular complexity index is 835. The molecule has 1 N–H and O–H groups in total. The van der Waals surface area contributed by atoms with E-state index in [2.05, 4.69) is 0 Å². The van der Waals surface area contributed by atoms with Crippen molar-refractivity contribution < 1.29 is 33.1 Å². The van der Waals surface area contributed by atoms with Crippen LogP contribution < -0.4 is 0 Å². The van der Waals surface area contributed by atoms with Gasteiger partial charge in [-0.25, -0.2) is 8.78 Å². The van der Waals surface area contributed by atoms with Gasteiger partial charge in [0.25, 0.3) is 0 Å². The van der Waals surface area contributed by atoms with Crippen molar-refractivity contribution in [2.45, 2.75) is 57.8 Å². The van der Waals surface area contributed by atoms with Crippen LogP contribution >= 0.6 is 0 Å². The summed E-state index contributed by atoms with van der Waals surface area (Å²) in [5, 5.41) is 9.29. The molecule has 0 aromatic rings. The molecule has 152 valence electrons. The number of rotatable bonds is 2. The molecule has 0 aromatic heterocycles. The quantitative estimate of drug-likeness (QED) is 0.725. The number of aliphatic hydroxyl groups excluding tert-OH is 1. The fourth-order valence-corrected chi connectivity index (χ4v) is 6.78. The topological polar surface area (TPSA) is 88.5 Å². The zero-order chi connectivity index (χ0) is 20.6. The van der Waals surface area contributed by atoms with Gasteiger partial charge in [-0.15, -0.1) is 0 Å². The molecule has 7 atom stereocenters. The van der Waals surface area contributed by atoms with Gasteiger partial charge in [0, 0.05) is 18.3 Å². The van der Waals surface area contributed by atoms with Gasteiger partial charge < -0.3 is 5.11 Å². The van der Waals surface area contributed by atoms with Crippen molar-refractivity contribution in [3.05, 3.63) is 11.6 Å². The first kappa shape index (κ1) is 19.6. The molecule has 0 spiro atoms. The van der Waals surface area contributed by atoms with Gasteiger partial charge in [0.05, 0.1) is 11.8 Å². The number of alkyl halides is 2. The number of halogens is 2. The second kappa shape index (κ2) is 5.88. The first-order chi connectivity index (χ1) is 13.0. The van der Waals surface area contributed by atoms with Crippen LogP contribution in [0.1, 0.15) is 46.0 Å². The number of fused-ring (bicyclic) bond motifs is 5. The van der Waals surface area contributed by atoms with E-state index in [1.54, 1.807) is 6.92 Å². The van der Waals surface area contributed by atoms with Crippen molar-refractivity contribution in [1.29, 1.82) is 0 Å². The summed E-state index contributed by atoms with van der Waals surface area (Å²) < 4.78 is 31.8. The Kier molecular flexibility index (Phi) is 4.10. The molecule has 0 saturated heterocycles. The number of allylic oxidation sites excluding steroid dienone is 1. The molecular formula is C21H24F2O5. The number of aliphatic hydroxyl groups is 1. The molecule has 5 nitrogen and oxygen atoms in total. The predicted octanol–water partition coefficient (Wildman–Crippen LogP) is 2.09. The van der Waals surface area contributed by atoms with E-state index >= 15 is 8.78 Å². The van der Waals surface area contributed by atoms with Crippen LogP contribution in [0.5, 0.6) is 0 Å². The third-order valence-electron chi connectivity index (χ3n) is 8.21. The van der Waals surface area contributed by atoms with Gasteiger partial charge in [-0.3, -0.25) is 19.2 Å². The molecule has 28 heavy (non-hydrogen) atoms. The van der Waals surface area contributed by atoms with E-state index in [0.717, 1.165) is 6.08 Å². The lowest BCUT2D eigenvalue weighted by Crippen LogP contribution is -2.69. The molecule has 0 heterocycles. The van der Waals surface area contributed by atoms with E-state index in [0.29, 0.717) is 12.8 Å². The minimum atomic E-state index is -2.58. The molecule has 1 unspecified atom stereocenters. The highest BCUT2D eigenvalue weighted by Crippen LogP contribution is 2.68. The lowest BCUT2D eigenvalue weighted by atomic mass is 9.44. The Morgan fingerprint density at radius 2 is 1.86 bits per heavy atom. The van der Waals surface area contributed by atoms with E-state index in [9.17, 15) is 24.3 Å².